The zero-order chi connectivity index (χ0) is 13.4. The Morgan fingerprint density at radius 2 is 2.21 bits per heavy atom. The normalized spacial score (nSPS) is 21.2. The number of piperazine rings is 1. The molecule has 3 rings (SSSR count). The van der Waals surface area contributed by atoms with Gasteiger partial charge in [-0.3, -0.25) is 0 Å². The van der Waals surface area contributed by atoms with E-state index in [9.17, 15) is 0 Å². The van der Waals surface area contributed by atoms with Crippen LogP contribution in [0.1, 0.15) is 12.6 Å². The molecule has 0 bridgehead atoms. The van der Waals surface area contributed by atoms with Gasteiger partial charge in [-0.1, -0.05) is 6.07 Å². The van der Waals surface area contributed by atoms with Crippen LogP contribution in [0, 0.1) is 0 Å². The number of fused-ring (bicyclic) bond motifs is 1. The summed E-state index contributed by atoms with van der Waals surface area (Å²) in [5.74, 6) is 1.53. The van der Waals surface area contributed by atoms with E-state index < -0.39 is 0 Å². The van der Waals surface area contributed by atoms with E-state index in [0.717, 1.165) is 36.8 Å². The van der Waals surface area contributed by atoms with Gasteiger partial charge in [-0.15, -0.1) is 11.6 Å². The number of rotatable bonds is 2. The average molecular weight is 279 g/mol. The molecule has 0 spiro atoms. The molecule has 0 saturated carbocycles. The van der Waals surface area contributed by atoms with Crippen LogP contribution in [0.25, 0.3) is 5.65 Å². The van der Waals surface area contributed by atoms with Crippen LogP contribution in [0.15, 0.2) is 24.4 Å². The molecule has 4 nitrogen and oxygen atoms in total. The van der Waals surface area contributed by atoms with Gasteiger partial charge in [-0.2, -0.15) is 0 Å². The molecule has 1 atom stereocenters. The van der Waals surface area contributed by atoms with Crippen LogP contribution in [0.4, 0.5) is 5.82 Å². The van der Waals surface area contributed by atoms with Gasteiger partial charge in [0, 0.05) is 31.9 Å². The summed E-state index contributed by atoms with van der Waals surface area (Å²) in [7, 11) is 2.17. The van der Waals surface area contributed by atoms with Crippen LogP contribution < -0.4 is 4.90 Å². The highest BCUT2D eigenvalue weighted by Gasteiger charge is 2.25. The van der Waals surface area contributed by atoms with E-state index in [1.807, 2.05) is 24.4 Å². The third-order valence-corrected chi connectivity index (χ3v) is 4.25. The Kier molecular flexibility index (Phi) is 3.37. The molecule has 19 heavy (non-hydrogen) atoms. The zero-order valence-corrected chi connectivity index (χ0v) is 12.1. The molecule has 102 valence electrons. The lowest BCUT2D eigenvalue weighted by molar-refractivity contribution is 0.233. The maximum absolute atomic E-state index is 6.14. The van der Waals surface area contributed by atoms with Crippen molar-refractivity contribution in [3.8, 4) is 0 Å². The molecule has 2 aromatic heterocycles. The summed E-state index contributed by atoms with van der Waals surface area (Å²) in [5.41, 5.74) is 2.06. The fraction of sp³-hybridized carbons (Fsp3) is 0.500. The van der Waals surface area contributed by atoms with Gasteiger partial charge in [0.25, 0.3) is 0 Å². The number of pyridine rings is 1. The molecule has 1 aliphatic rings. The summed E-state index contributed by atoms with van der Waals surface area (Å²) >= 11 is 6.14. The Labute approximate surface area is 118 Å². The lowest BCUT2D eigenvalue weighted by Crippen LogP contribution is -2.50. The molecule has 2 aromatic rings. The Hall–Kier alpha value is -1.26. The molecule has 1 fully saturated rings. The first-order valence-corrected chi connectivity index (χ1v) is 7.21. The monoisotopic (exact) mass is 278 g/mol. The van der Waals surface area contributed by atoms with Crippen molar-refractivity contribution in [2.45, 2.75) is 18.8 Å². The second-order valence-electron chi connectivity index (χ2n) is 5.22. The Balaban J connectivity index is 2.00. The topological polar surface area (TPSA) is 23.8 Å². The van der Waals surface area contributed by atoms with Crippen LogP contribution in [0.3, 0.4) is 0 Å². The van der Waals surface area contributed by atoms with Gasteiger partial charge >= 0.3 is 0 Å². The van der Waals surface area contributed by atoms with Gasteiger partial charge in [-0.05, 0) is 26.1 Å². The van der Waals surface area contributed by atoms with Gasteiger partial charge in [0.05, 0.1) is 11.6 Å². The Morgan fingerprint density at radius 1 is 1.37 bits per heavy atom. The number of anilines is 1. The number of hydrogen-bond donors (Lipinski definition) is 0. The summed E-state index contributed by atoms with van der Waals surface area (Å²) in [6.45, 7) is 5.33. The number of aromatic nitrogens is 2. The summed E-state index contributed by atoms with van der Waals surface area (Å²) in [6, 6.07) is 6.60. The molecule has 5 heteroatoms. The van der Waals surface area contributed by atoms with E-state index in [1.165, 1.54) is 0 Å². The fourth-order valence-electron chi connectivity index (χ4n) is 2.65. The Morgan fingerprint density at radius 3 is 2.95 bits per heavy atom. The molecule has 0 aliphatic carbocycles. The van der Waals surface area contributed by atoms with E-state index in [4.69, 9.17) is 16.6 Å². The number of alkyl halides is 1. The molecule has 0 aromatic carbocycles. The highest BCUT2D eigenvalue weighted by Crippen LogP contribution is 2.25. The predicted octanol–water partition coefficient (Wildman–Crippen LogP) is 2.21. The number of likely N-dealkylation sites (N-methyl/N-ethyl adjacent to an activating group) is 1. The van der Waals surface area contributed by atoms with Gasteiger partial charge in [0.1, 0.15) is 5.65 Å². The van der Waals surface area contributed by atoms with Crippen molar-refractivity contribution in [1.82, 2.24) is 14.3 Å². The molecular weight excluding hydrogens is 260 g/mol. The molecule has 0 N–H and O–H groups in total. The molecule has 1 unspecified atom stereocenters. The molecule has 1 aliphatic heterocycles. The summed E-state index contributed by atoms with van der Waals surface area (Å²) in [6.07, 6.45) is 2.03. The molecular formula is C14H19ClN4. The second-order valence-corrected chi connectivity index (χ2v) is 5.49. The van der Waals surface area contributed by atoms with Gasteiger partial charge in [0.15, 0.2) is 5.82 Å². The molecule has 1 saturated heterocycles. The van der Waals surface area contributed by atoms with Crippen LogP contribution in [-0.2, 0) is 5.88 Å². The summed E-state index contributed by atoms with van der Waals surface area (Å²) in [5, 5.41) is 0. The van der Waals surface area contributed by atoms with Crippen molar-refractivity contribution in [1.29, 1.82) is 0 Å². The predicted molar refractivity (Wildman–Crippen MR) is 79.1 cm³/mol. The number of hydrogen-bond acceptors (Lipinski definition) is 3. The summed E-state index contributed by atoms with van der Waals surface area (Å²) in [4.78, 5) is 9.49. The van der Waals surface area contributed by atoms with Crippen molar-refractivity contribution in [2.75, 3.05) is 31.6 Å². The quantitative estimate of drug-likeness (QED) is 0.787. The third kappa shape index (κ3) is 2.19. The first-order chi connectivity index (χ1) is 9.20. The van der Waals surface area contributed by atoms with E-state index in [-0.39, 0.29) is 0 Å². The van der Waals surface area contributed by atoms with Crippen molar-refractivity contribution >= 4 is 23.1 Å². The minimum absolute atomic E-state index is 0.487. The zero-order valence-electron chi connectivity index (χ0n) is 11.4. The average Bonchev–Trinajstić information content (AvgIpc) is 2.80. The van der Waals surface area contributed by atoms with Crippen molar-refractivity contribution < 1.29 is 0 Å². The highest BCUT2D eigenvalue weighted by atomic mass is 35.5. The highest BCUT2D eigenvalue weighted by molar-refractivity contribution is 6.17. The standard InChI is InChI=1S/C14H19ClN4/c1-11-10-18(8-7-17(11)2)14-12(9-15)19-6-4-3-5-13(19)16-14/h3-6,11H,7-10H2,1-2H3. The molecule has 0 amide bonds. The van der Waals surface area contributed by atoms with E-state index in [2.05, 4.69) is 28.2 Å². The largest absolute Gasteiger partial charge is 0.352 e. The lowest BCUT2D eigenvalue weighted by Gasteiger charge is -2.38. The van der Waals surface area contributed by atoms with Crippen LogP contribution in [0.2, 0.25) is 0 Å². The lowest BCUT2D eigenvalue weighted by atomic mass is 10.2. The van der Waals surface area contributed by atoms with E-state index >= 15 is 0 Å². The fourth-order valence-corrected chi connectivity index (χ4v) is 2.90. The van der Waals surface area contributed by atoms with Crippen molar-refractivity contribution in [3.05, 3.63) is 30.1 Å². The first-order valence-electron chi connectivity index (χ1n) is 6.68. The number of halogens is 1. The van der Waals surface area contributed by atoms with Crippen LogP contribution >= 0.6 is 11.6 Å². The molecule has 0 radical (unpaired) electrons. The Bertz CT molecular complexity index is 580. The second kappa shape index (κ2) is 5.02. The van der Waals surface area contributed by atoms with Crippen molar-refractivity contribution in [2.24, 2.45) is 0 Å². The van der Waals surface area contributed by atoms with Gasteiger partial charge in [0.2, 0.25) is 0 Å². The smallest absolute Gasteiger partial charge is 0.152 e. The van der Waals surface area contributed by atoms with Crippen LogP contribution in [0.5, 0.6) is 0 Å². The van der Waals surface area contributed by atoms with Gasteiger partial charge in [-0.25, -0.2) is 4.98 Å². The summed E-state index contributed by atoms with van der Waals surface area (Å²) < 4.78 is 2.09. The SMILES string of the molecule is CC1CN(c2nc3ccccn3c2CCl)CCN1C. The van der Waals surface area contributed by atoms with E-state index in [1.54, 1.807) is 0 Å². The van der Waals surface area contributed by atoms with Crippen LogP contribution in [-0.4, -0.2) is 47.0 Å². The third-order valence-electron chi connectivity index (χ3n) is 3.99. The minimum atomic E-state index is 0.487. The first kappa shape index (κ1) is 12.8. The van der Waals surface area contributed by atoms with Crippen molar-refractivity contribution in [3.63, 3.8) is 0 Å². The number of imidazole rings is 1. The van der Waals surface area contributed by atoms with E-state index in [0.29, 0.717) is 11.9 Å². The van der Waals surface area contributed by atoms with Gasteiger partial charge < -0.3 is 14.2 Å². The molecule has 3 heterocycles. The number of nitrogens with zero attached hydrogens (tertiary/aromatic N) is 4. The maximum Gasteiger partial charge on any atom is 0.152 e. The maximum atomic E-state index is 6.14. The minimum Gasteiger partial charge on any atom is -0.352 e.